The van der Waals surface area contributed by atoms with E-state index >= 15 is 0 Å². The minimum atomic E-state index is -1.12. The highest BCUT2D eigenvalue weighted by Gasteiger charge is 2.35. The number of carbonyl (C=O) groups is 4. The maximum absolute atomic E-state index is 12.8. The van der Waals surface area contributed by atoms with Crippen LogP contribution in [-0.4, -0.2) is 129 Å². The number of esters is 2. The van der Waals surface area contributed by atoms with E-state index in [-0.39, 0.29) is 71.0 Å². The second-order valence-electron chi connectivity index (χ2n) is 10.3. The molecular formula is C28H51NO14. The molecule has 0 rings (SSSR count). The molecule has 0 aliphatic carbocycles. The van der Waals surface area contributed by atoms with E-state index in [1.54, 1.807) is 20.8 Å². The summed E-state index contributed by atoms with van der Waals surface area (Å²) >= 11 is 0. The summed E-state index contributed by atoms with van der Waals surface area (Å²) in [5, 5.41) is 2.86. The van der Waals surface area contributed by atoms with Gasteiger partial charge in [-0.25, -0.2) is 9.59 Å². The lowest BCUT2D eigenvalue weighted by Gasteiger charge is -2.35. The van der Waals surface area contributed by atoms with Crippen LogP contribution in [0.4, 0.5) is 9.59 Å². The summed E-state index contributed by atoms with van der Waals surface area (Å²) in [7, 11) is 3.86. The van der Waals surface area contributed by atoms with Crippen LogP contribution in [0.3, 0.4) is 0 Å². The number of hydrogen-bond acceptors (Lipinski definition) is 14. The lowest BCUT2D eigenvalue weighted by Crippen LogP contribution is -2.59. The summed E-state index contributed by atoms with van der Waals surface area (Å²) in [5.74, 6) is -0.697. The van der Waals surface area contributed by atoms with Crippen LogP contribution in [0.15, 0.2) is 0 Å². The van der Waals surface area contributed by atoms with E-state index in [4.69, 9.17) is 33.2 Å². The molecule has 0 saturated carbocycles. The Bertz CT molecular complexity index is 739. The van der Waals surface area contributed by atoms with Crippen LogP contribution >= 0.6 is 0 Å². The Hall–Kier alpha value is -2.72. The molecule has 0 aromatic rings. The summed E-state index contributed by atoms with van der Waals surface area (Å²) in [6.45, 7) is 7.46. The SMILES string of the molecule is COC(=O)CCOCCCOCC(COCCCOCCC(=O)OC)(COCCCOC(=O)OC)NC(=O)OC(C)(C)C. The van der Waals surface area contributed by atoms with Crippen molar-refractivity contribution in [1.82, 2.24) is 5.32 Å². The summed E-state index contributed by atoms with van der Waals surface area (Å²) < 4.78 is 52.4. The van der Waals surface area contributed by atoms with Crippen LogP contribution in [-0.2, 0) is 57.0 Å². The zero-order valence-corrected chi connectivity index (χ0v) is 26.5. The zero-order chi connectivity index (χ0) is 32.4. The van der Waals surface area contributed by atoms with Crippen molar-refractivity contribution in [3.05, 3.63) is 0 Å². The number of methoxy groups -OCH3 is 3. The van der Waals surface area contributed by atoms with Crippen LogP contribution in [0.1, 0.15) is 52.9 Å². The molecule has 0 bridgehead atoms. The molecule has 43 heavy (non-hydrogen) atoms. The number of rotatable bonds is 25. The van der Waals surface area contributed by atoms with Gasteiger partial charge in [-0.2, -0.15) is 0 Å². The molecule has 0 radical (unpaired) electrons. The molecule has 0 spiro atoms. The van der Waals surface area contributed by atoms with Gasteiger partial charge in [0.05, 0.1) is 73.8 Å². The molecule has 0 atom stereocenters. The number of nitrogens with one attached hydrogen (secondary N) is 1. The highest BCUT2D eigenvalue weighted by molar-refractivity contribution is 5.69. The van der Waals surface area contributed by atoms with Gasteiger partial charge in [0, 0.05) is 39.5 Å². The van der Waals surface area contributed by atoms with Gasteiger partial charge in [0.15, 0.2) is 0 Å². The quantitative estimate of drug-likeness (QED) is 0.0890. The summed E-state index contributed by atoms with van der Waals surface area (Å²) in [6, 6.07) is 0. The Morgan fingerprint density at radius 1 is 0.558 bits per heavy atom. The topological polar surface area (TPSA) is 173 Å². The molecular weight excluding hydrogens is 574 g/mol. The second-order valence-corrected chi connectivity index (χ2v) is 10.3. The van der Waals surface area contributed by atoms with Crippen molar-refractivity contribution in [2.75, 3.05) is 94.0 Å². The lowest BCUT2D eigenvalue weighted by atomic mass is 10.0. The molecule has 0 aliphatic heterocycles. The fourth-order valence-corrected chi connectivity index (χ4v) is 3.18. The Morgan fingerprint density at radius 3 is 1.37 bits per heavy atom. The molecule has 0 saturated heterocycles. The first-order valence-electron chi connectivity index (χ1n) is 14.2. The van der Waals surface area contributed by atoms with Gasteiger partial charge in [0.25, 0.3) is 0 Å². The van der Waals surface area contributed by atoms with Crippen LogP contribution < -0.4 is 5.32 Å². The average Bonchev–Trinajstić information content (AvgIpc) is 2.95. The molecule has 252 valence electrons. The first-order chi connectivity index (χ1) is 20.5. The van der Waals surface area contributed by atoms with Gasteiger partial charge in [0.2, 0.25) is 0 Å². The van der Waals surface area contributed by atoms with Gasteiger partial charge in [-0.15, -0.1) is 0 Å². The van der Waals surface area contributed by atoms with Gasteiger partial charge >= 0.3 is 24.2 Å². The van der Waals surface area contributed by atoms with E-state index in [0.717, 1.165) is 0 Å². The Labute approximate surface area is 254 Å². The molecule has 0 fully saturated rings. The van der Waals surface area contributed by atoms with Gasteiger partial charge in [0.1, 0.15) is 11.1 Å². The third kappa shape index (κ3) is 24.4. The fourth-order valence-electron chi connectivity index (χ4n) is 3.18. The van der Waals surface area contributed by atoms with Crippen molar-refractivity contribution in [1.29, 1.82) is 0 Å². The minimum absolute atomic E-state index is 0.00965. The van der Waals surface area contributed by atoms with E-state index in [1.165, 1.54) is 21.3 Å². The first-order valence-corrected chi connectivity index (χ1v) is 14.2. The molecule has 15 nitrogen and oxygen atoms in total. The number of hydrogen-bond donors (Lipinski definition) is 1. The maximum atomic E-state index is 12.8. The predicted molar refractivity (Wildman–Crippen MR) is 152 cm³/mol. The molecule has 0 aromatic heterocycles. The molecule has 15 heteroatoms. The van der Waals surface area contributed by atoms with E-state index in [9.17, 15) is 19.2 Å². The van der Waals surface area contributed by atoms with E-state index < -0.39 is 23.4 Å². The molecule has 0 aliphatic rings. The molecule has 0 aromatic carbocycles. The van der Waals surface area contributed by atoms with Gasteiger partial charge < -0.3 is 52.7 Å². The smallest absolute Gasteiger partial charge is 0.469 e. The number of carbonyl (C=O) groups excluding carboxylic acids is 4. The maximum Gasteiger partial charge on any atom is 0.507 e. The van der Waals surface area contributed by atoms with Crippen molar-refractivity contribution in [3.8, 4) is 0 Å². The van der Waals surface area contributed by atoms with Crippen LogP contribution in [0.25, 0.3) is 0 Å². The highest BCUT2D eigenvalue weighted by atomic mass is 16.7. The minimum Gasteiger partial charge on any atom is -0.469 e. The molecule has 1 amide bonds. The normalized spacial score (nSPS) is 11.5. The van der Waals surface area contributed by atoms with Crippen molar-refractivity contribution < 1.29 is 66.5 Å². The fraction of sp³-hybridized carbons (Fsp3) is 0.857. The van der Waals surface area contributed by atoms with Gasteiger partial charge in [-0.3, -0.25) is 9.59 Å². The van der Waals surface area contributed by atoms with Crippen molar-refractivity contribution >= 4 is 24.2 Å². The first kappa shape index (κ1) is 40.3. The second kappa shape index (κ2) is 24.7. The largest absolute Gasteiger partial charge is 0.507 e. The highest BCUT2D eigenvalue weighted by Crippen LogP contribution is 2.14. The van der Waals surface area contributed by atoms with Crippen molar-refractivity contribution in [2.24, 2.45) is 0 Å². The van der Waals surface area contributed by atoms with Crippen LogP contribution in [0.2, 0.25) is 0 Å². The van der Waals surface area contributed by atoms with E-state index in [1.807, 2.05) is 0 Å². The monoisotopic (exact) mass is 625 g/mol. The van der Waals surface area contributed by atoms with Crippen molar-refractivity contribution in [2.45, 2.75) is 64.0 Å². The van der Waals surface area contributed by atoms with Gasteiger partial charge in [-0.1, -0.05) is 0 Å². The molecule has 0 unspecified atom stereocenters. The number of ether oxygens (including phenoxy) is 10. The molecule has 0 heterocycles. The van der Waals surface area contributed by atoms with Crippen molar-refractivity contribution in [3.63, 3.8) is 0 Å². The Morgan fingerprint density at radius 2 is 0.977 bits per heavy atom. The summed E-state index contributed by atoms with van der Waals surface area (Å²) in [6.07, 6.45) is 0.344. The predicted octanol–water partition coefficient (Wildman–Crippen LogP) is 2.41. The zero-order valence-electron chi connectivity index (χ0n) is 26.5. The number of amides is 1. The van der Waals surface area contributed by atoms with Crippen LogP contribution in [0.5, 0.6) is 0 Å². The lowest BCUT2D eigenvalue weighted by molar-refractivity contribution is -0.142. The number of alkyl carbamates (subject to hydrolysis) is 1. The van der Waals surface area contributed by atoms with E-state index in [2.05, 4.69) is 19.5 Å². The Kier molecular flexibility index (Phi) is 23.1. The van der Waals surface area contributed by atoms with Crippen LogP contribution in [0, 0.1) is 0 Å². The summed E-state index contributed by atoms with van der Waals surface area (Å²) in [4.78, 5) is 46.3. The van der Waals surface area contributed by atoms with Gasteiger partial charge in [-0.05, 0) is 33.6 Å². The van der Waals surface area contributed by atoms with E-state index in [0.29, 0.717) is 45.7 Å². The Balaban J connectivity index is 5.11. The summed E-state index contributed by atoms with van der Waals surface area (Å²) in [5.41, 5.74) is -1.87. The third-order valence-corrected chi connectivity index (χ3v) is 5.23. The average molecular weight is 626 g/mol. The third-order valence-electron chi connectivity index (χ3n) is 5.23. The standard InChI is InChI=1S/C28H51NO14/c1-27(2,3)43-25(32)29-28(22-41-16-9-17-42-26(33)36-6,20-39-14-7-12-37-18-10-23(30)34-4)21-40-15-8-13-38-19-11-24(31)35-5/h7-22H2,1-6H3,(H,29,32). The molecule has 1 N–H and O–H groups in total.